The second-order valence-corrected chi connectivity index (χ2v) is 5.07. The lowest BCUT2D eigenvalue weighted by Crippen LogP contribution is -2.31. The van der Waals surface area contributed by atoms with Gasteiger partial charge in [-0.2, -0.15) is 0 Å². The number of fused-ring (bicyclic) bond motifs is 1. The molecule has 0 spiro atoms. The number of aromatic nitrogens is 3. The van der Waals surface area contributed by atoms with Crippen molar-refractivity contribution in [2.75, 3.05) is 13.7 Å². The summed E-state index contributed by atoms with van der Waals surface area (Å²) in [6, 6.07) is 0. The van der Waals surface area contributed by atoms with Gasteiger partial charge in [-0.25, -0.2) is 9.97 Å². The van der Waals surface area contributed by atoms with Gasteiger partial charge in [0, 0.05) is 37.2 Å². The Morgan fingerprint density at radius 1 is 1.35 bits per heavy atom. The summed E-state index contributed by atoms with van der Waals surface area (Å²) in [6.45, 7) is 6.53. The lowest BCUT2D eigenvalue weighted by molar-refractivity contribution is 0.234. The minimum absolute atomic E-state index is 0.679. The first-order chi connectivity index (χ1) is 9.69. The predicted octanol–water partition coefficient (Wildman–Crippen LogP) is 1.65. The van der Waals surface area contributed by atoms with E-state index in [1.807, 2.05) is 13.8 Å². The third kappa shape index (κ3) is 2.27. The first-order valence-electron chi connectivity index (χ1n) is 6.70. The van der Waals surface area contributed by atoms with Crippen LogP contribution in [0.3, 0.4) is 0 Å². The Labute approximate surface area is 117 Å². The van der Waals surface area contributed by atoms with E-state index in [1.165, 1.54) is 5.56 Å². The molecule has 0 aromatic carbocycles. The van der Waals surface area contributed by atoms with Crippen LogP contribution in [0.2, 0.25) is 0 Å². The molecular weight excluding hydrogens is 256 g/mol. The summed E-state index contributed by atoms with van der Waals surface area (Å²) >= 11 is 0. The molecule has 0 N–H and O–H groups in total. The molecule has 0 saturated heterocycles. The number of hydrogen-bond donors (Lipinski definition) is 0. The van der Waals surface area contributed by atoms with E-state index in [2.05, 4.69) is 20.0 Å². The molecule has 1 aliphatic rings. The molecule has 0 bridgehead atoms. The zero-order chi connectivity index (χ0) is 14.1. The third-order valence-electron chi connectivity index (χ3n) is 3.80. The third-order valence-corrected chi connectivity index (χ3v) is 3.80. The van der Waals surface area contributed by atoms with Gasteiger partial charge in [0.15, 0.2) is 0 Å². The van der Waals surface area contributed by atoms with Crippen LogP contribution in [0.4, 0.5) is 0 Å². The van der Waals surface area contributed by atoms with Crippen molar-refractivity contribution in [1.29, 1.82) is 0 Å². The quantitative estimate of drug-likeness (QED) is 0.848. The fourth-order valence-electron chi connectivity index (χ4n) is 2.63. The van der Waals surface area contributed by atoms with Gasteiger partial charge >= 0.3 is 0 Å². The van der Waals surface area contributed by atoms with E-state index in [4.69, 9.17) is 9.26 Å². The number of rotatable bonds is 3. The van der Waals surface area contributed by atoms with Crippen LogP contribution < -0.4 is 4.74 Å². The average molecular weight is 274 g/mol. The van der Waals surface area contributed by atoms with Gasteiger partial charge in [0.25, 0.3) is 0 Å². The first-order valence-corrected chi connectivity index (χ1v) is 6.70. The molecule has 3 rings (SSSR count). The molecule has 2 aromatic rings. The molecule has 0 aliphatic carbocycles. The highest BCUT2D eigenvalue weighted by atomic mass is 16.5. The maximum absolute atomic E-state index is 5.33. The summed E-state index contributed by atoms with van der Waals surface area (Å²) in [4.78, 5) is 10.9. The van der Waals surface area contributed by atoms with Gasteiger partial charge in [0.1, 0.15) is 12.1 Å². The number of hydrogen-bond acceptors (Lipinski definition) is 6. The minimum atomic E-state index is 0.679. The largest absolute Gasteiger partial charge is 0.481 e. The monoisotopic (exact) mass is 274 g/mol. The summed E-state index contributed by atoms with van der Waals surface area (Å²) in [7, 11) is 1.65. The van der Waals surface area contributed by atoms with E-state index in [1.54, 1.807) is 13.4 Å². The van der Waals surface area contributed by atoms with E-state index in [9.17, 15) is 0 Å². The maximum atomic E-state index is 5.33. The summed E-state index contributed by atoms with van der Waals surface area (Å²) in [5.74, 6) is 1.57. The first kappa shape index (κ1) is 13.1. The smallest absolute Gasteiger partial charge is 0.220 e. The van der Waals surface area contributed by atoms with Crippen molar-refractivity contribution in [2.45, 2.75) is 33.4 Å². The molecule has 0 unspecified atom stereocenters. The Kier molecular flexibility index (Phi) is 3.40. The Morgan fingerprint density at radius 2 is 2.20 bits per heavy atom. The zero-order valence-corrected chi connectivity index (χ0v) is 12.0. The molecule has 0 fully saturated rings. The standard InChI is InChI=1S/C14H18N4O2/c1-9-11(10(2)20-17-9)6-18-5-4-13-12(7-18)14(19-3)16-8-15-13/h8H,4-7H2,1-3H3. The molecule has 0 atom stereocenters. The van der Waals surface area contributed by atoms with E-state index >= 15 is 0 Å². The fraction of sp³-hybridized carbons (Fsp3) is 0.500. The number of nitrogens with zero attached hydrogens (tertiary/aromatic N) is 4. The highest BCUT2D eigenvalue weighted by Gasteiger charge is 2.23. The van der Waals surface area contributed by atoms with Crippen molar-refractivity contribution in [3.8, 4) is 5.88 Å². The molecule has 6 heteroatoms. The molecule has 20 heavy (non-hydrogen) atoms. The van der Waals surface area contributed by atoms with Crippen LogP contribution in [-0.2, 0) is 19.5 Å². The van der Waals surface area contributed by atoms with Crippen LogP contribution in [0, 0.1) is 13.8 Å². The Bertz CT molecular complexity index is 590. The van der Waals surface area contributed by atoms with Crippen molar-refractivity contribution in [3.63, 3.8) is 0 Å². The van der Waals surface area contributed by atoms with Crippen molar-refractivity contribution >= 4 is 0 Å². The minimum Gasteiger partial charge on any atom is -0.481 e. The van der Waals surface area contributed by atoms with E-state index < -0.39 is 0 Å². The Balaban J connectivity index is 1.82. The van der Waals surface area contributed by atoms with Crippen LogP contribution in [0.25, 0.3) is 0 Å². The Hall–Kier alpha value is -1.95. The molecule has 106 valence electrons. The van der Waals surface area contributed by atoms with Gasteiger partial charge in [-0.1, -0.05) is 5.16 Å². The molecule has 0 amide bonds. The van der Waals surface area contributed by atoms with Crippen molar-refractivity contribution < 1.29 is 9.26 Å². The zero-order valence-electron chi connectivity index (χ0n) is 12.0. The molecule has 2 aromatic heterocycles. The molecule has 1 aliphatic heterocycles. The Morgan fingerprint density at radius 3 is 2.90 bits per heavy atom. The second kappa shape index (κ2) is 5.20. The summed E-state index contributed by atoms with van der Waals surface area (Å²) < 4.78 is 10.6. The van der Waals surface area contributed by atoms with Crippen LogP contribution in [0.5, 0.6) is 5.88 Å². The highest BCUT2D eigenvalue weighted by molar-refractivity contribution is 5.32. The van der Waals surface area contributed by atoms with Gasteiger partial charge in [0.2, 0.25) is 5.88 Å². The van der Waals surface area contributed by atoms with Gasteiger partial charge in [-0.3, -0.25) is 4.90 Å². The number of aryl methyl sites for hydroxylation is 2. The SMILES string of the molecule is COc1ncnc2c1CN(Cc1c(C)noc1C)CC2. The van der Waals surface area contributed by atoms with Crippen LogP contribution in [0.15, 0.2) is 10.9 Å². The van der Waals surface area contributed by atoms with Gasteiger partial charge in [0.05, 0.1) is 18.5 Å². The van der Waals surface area contributed by atoms with E-state index in [0.29, 0.717) is 5.88 Å². The van der Waals surface area contributed by atoms with Crippen LogP contribution in [-0.4, -0.2) is 33.7 Å². The van der Waals surface area contributed by atoms with Crippen molar-refractivity contribution in [1.82, 2.24) is 20.0 Å². The summed E-state index contributed by atoms with van der Waals surface area (Å²) in [5, 5.41) is 4.01. The maximum Gasteiger partial charge on any atom is 0.220 e. The van der Waals surface area contributed by atoms with Crippen LogP contribution >= 0.6 is 0 Å². The molecule has 0 radical (unpaired) electrons. The predicted molar refractivity (Wildman–Crippen MR) is 72.4 cm³/mol. The summed E-state index contributed by atoms with van der Waals surface area (Å²) in [6.07, 6.45) is 2.49. The lowest BCUT2D eigenvalue weighted by Gasteiger charge is -2.28. The summed E-state index contributed by atoms with van der Waals surface area (Å²) in [5.41, 5.74) is 4.31. The molecule has 3 heterocycles. The van der Waals surface area contributed by atoms with E-state index in [0.717, 1.165) is 48.8 Å². The van der Waals surface area contributed by atoms with Gasteiger partial charge in [-0.05, 0) is 13.8 Å². The topological polar surface area (TPSA) is 64.3 Å². The number of methoxy groups -OCH3 is 1. The second-order valence-electron chi connectivity index (χ2n) is 5.07. The number of ether oxygens (including phenoxy) is 1. The molecule has 6 nitrogen and oxygen atoms in total. The normalized spacial score (nSPS) is 15.2. The molecule has 0 saturated carbocycles. The van der Waals surface area contributed by atoms with Crippen molar-refractivity contribution in [3.05, 3.63) is 34.6 Å². The fourth-order valence-corrected chi connectivity index (χ4v) is 2.63. The van der Waals surface area contributed by atoms with Crippen molar-refractivity contribution in [2.24, 2.45) is 0 Å². The van der Waals surface area contributed by atoms with E-state index in [-0.39, 0.29) is 0 Å². The average Bonchev–Trinajstić information content (AvgIpc) is 2.78. The van der Waals surface area contributed by atoms with Crippen LogP contribution in [0.1, 0.15) is 28.3 Å². The lowest BCUT2D eigenvalue weighted by atomic mass is 10.1. The highest BCUT2D eigenvalue weighted by Crippen LogP contribution is 2.26. The van der Waals surface area contributed by atoms with Gasteiger partial charge in [-0.15, -0.1) is 0 Å². The van der Waals surface area contributed by atoms with Gasteiger partial charge < -0.3 is 9.26 Å². The molecular formula is C14H18N4O2.